The fraction of sp³-hybridized carbons (Fsp3) is 1.00. The number of hydrogen-bond acceptors (Lipinski definition) is 1. The van der Waals surface area contributed by atoms with Crippen molar-refractivity contribution in [2.75, 3.05) is 0 Å². The Morgan fingerprint density at radius 1 is 0.520 bits per heavy atom. The Kier molecular flexibility index (Phi) is 50.5. The van der Waals surface area contributed by atoms with E-state index in [1.165, 1.54) is 12.8 Å². The second kappa shape index (κ2) is 31.7. The molecule has 0 aromatic rings. The van der Waals surface area contributed by atoms with Gasteiger partial charge in [0.15, 0.2) is 0 Å². The van der Waals surface area contributed by atoms with Crippen LogP contribution in [0.2, 0.25) is 0 Å². The molecule has 0 rings (SSSR count). The molecule has 0 saturated carbocycles. The number of aliphatic hydroxyl groups is 1. The van der Waals surface area contributed by atoms with Crippen molar-refractivity contribution < 1.29 is 5.11 Å². The summed E-state index contributed by atoms with van der Waals surface area (Å²) < 4.78 is 0. The van der Waals surface area contributed by atoms with Crippen LogP contribution in [-0.4, -0.2) is 11.2 Å². The minimum atomic E-state index is -0.167. The molecular formula is C24H60O. The molecule has 0 spiro atoms. The van der Waals surface area contributed by atoms with E-state index >= 15 is 0 Å². The van der Waals surface area contributed by atoms with Gasteiger partial charge in [-0.15, -0.1) is 0 Å². The Morgan fingerprint density at radius 3 is 0.600 bits per heavy atom. The van der Waals surface area contributed by atoms with E-state index in [1.54, 1.807) is 13.8 Å². The molecular weight excluding hydrogens is 304 g/mol. The van der Waals surface area contributed by atoms with E-state index in [1.807, 2.05) is 0 Å². The highest BCUT2D eigenvalue weighted by Crippen LogP contribution is 2.05. The van der Waals surface area contributed by atoms with Crippen molar-refractivity contribution >= 4 is 0 Å². The lowest BCUT2D eigenvalue weighted by Crippen LogP contribution is -1.95. The van der Waals surface area contributed by atoms with E-state index in [0.717, 1.165) is 29.6 Å². The number of aliphatic hydroxyl groups excluding tert-OH is 1. The van der Waals surface area contributed by atoms with Crippen molar-refractivity contribution in [3.05, 3.63) is 0 Å². The van der Waals surface area contributed by atoms with Crippen LogP contribution < -0.4 is 0 Å². The maximum atomic E-state index is 8.06. The van der Waals surface area contributed by atoms with Crippen LogP contribution in [-0.2, 0) is 0 Å². The lowest BCUT2D eigenvalue weighted by Gasteiger charge is -2.05. The molecule has 0 aromatic carbocycles. The van der Waals surface area contributed by atoms with Crippen LogP contribution in [0.1, 0.15) is 124 Å². The predicted molar refractivity (Wildman–Crippen MR) is 125 cm³/mol. The fourth-order valence-electron chi connectivity index (χ4n) is 0. The highest BCUT2D eigenvalue weighted by molar-refractivity contribution is 4.46. The van der Waals surface area contributed by atoms with Gasteiger partial charge in [-0.05, 0) is 43.4 Å². The second-order valence-electron chi connectivity index (χ2n) is 8.92. The topological polar surface area (TPSA) is 20.2 Å². The standard InChI is InChI=1S/C6H14.2C5H12.C4H10.C3H8O.CH4/c1-5(2)6(3)4;2*1-4-5(2)3;1-4(2)3;1-3(2)4;/h5-6H,1-4H3;2*5H,4H2,1-3H3;4H,1-3H3;3-4H,1-2H3;1H4. The first kappa shape index (κ1) is 39.9. The van der Waals surface area contributed by atoms with Crippen molar-refractivity contribution in [1.29, 1.82) is 0 Å². The summed E-state index contributed by atoms with van der Waals surface area (Å²) in [5, 5.41) is 8.06. The summed E-state index contributed by atoms with van der Waals surface area (Å²) in [5.41, 5.74) is 0. The maximum absolute atomic E-state index is 8.06. The molecule has 0 atom stereocenters. The molecule has 0 aliphatic carbocycles. The van der Waals surface area contributed by atoms with Gasteiger partial charge in [-0.2, -0.15) is 0 Å². The van der Waals surface area contributed by atoms with Crippen molar-refractivity contribution in [3.8, 4) is 0 Å². The van der Waals surface area contributed by atoms with E-state index in [0.29, 0.717) is 0 Å². The average molecular weight is 365 g/mol. The maximum Gasteiger partial charge on any atom is 0.0483 e. The Bertz CT molecular complexity index is 141. The van der Waals surface area contributed by atoms with Crippen LogP contribution in [0.15, 0.2) is 0 Å². The molecule has 0 saturated heterocycles. The first-order chi connectivity index (χ1) is 10.6. The van der Waals surface area contributed by atoms with Crippen LogP contribution in [0.5, 0.6) is 0 Å². The van der Waals surface area contributed by atoms with E-state index in [9.17, 15) is 0 Å². The van der Waals surface area contributed by atoms with Crippen molar-refractivity contribution in [1.82, 2.24) is 0 Å². The molecule has 0 bridgehead atoms. The molecule has 1 heteroatoms. The van der Waals surface area contributed by atoms with Gasteiger partial charge < -0.3 is 5.11 Å². The second-order valence-corrected chi connectivity index (χ2v) is 8.92. The number of rotatable bonds is 3. The monoisotopic (exact) mass is 364 g/mol. The van der Waals surface area contributed by atoms with Gasteiger partial charge in [-0.1, -0.05) is 110 Å². The summed E-state index contributed by atoms with van der Waals surface area (Å²) in [5.74, 6) is 4.31. The quantitative estimate of drug-likeness (QED) is 0.529. The molecule has 0 fully saturated rings. The number of hydrogen-bond donors (Lipinski definition) is 1. The molecule has 25 heavy (non-hydrogen) atoms. The van der Waals surface area contributed by atoms with Crippen LogP contribution in [0.25, 0.3) is 0 Å². The molecule has 0 heterocycles. The van der Waals surface area contributed by atoms with Crippen LogP contribution in [0, 0.1) is 29.6 Å². The zero-order valence-electron chi connectivity index (χ0n) is 20.3. The van der Waals surface area contributed by atoms with Gasteiger partial charge in [0, 0.05) is 6.10 Å². The largest absolute Gasteiger partial charge is 0.394 e. The Hall–Kier alpha value is -0.0400. The molecule has 0 amide bonds. The third-order valence-electron chi connectivity index (χ3n) is 2.97. The van der Waals surface area contributed by atoms with Gasteiger partial charge in [0.1, 0.15) is 0 Å². The summed E-state index contributed by atoms with van der Waals surface area (Å²) in [4.78, 5) is 0. The van der Waals surface area contributed by atoms with Crippen LogP contribution >= 0.6 is 0 Å². The van der Waals surface area contributed by atoms with E-state index in [-0.39, 0.29) is 13.5 Å². The Labute approximate surface area is 165 Å². The van der Waals surface area contributed by atoms with Gasteiger partial charge in [0.25, 0.3) is 0 Å². The summed E-state index contributed by atoms with van der Waals surface area (Å²) in [7, 11) is 0. The molecule has 0 aliphatic rings. The highest BCUT2D eigenvalue weighted by Gasteiger charge is 1.95. The molecule has 1 N–H and O–H groups in total. The molecule has 162 valence electrons. The van der Waals surface area contributed by atoms with Crippen molar-refractivity contribution in [3.63, 3.8) is 0 Å². The van der Waals surface area contributed by atoms with Crippen molar-refractivity contribution in [2.45, 2.75) is 130 Å². The highest BCUT2D eigenvalue weighted by atomic mass is 16.3. The minimum absolute atomic E-state index is 0. The molecule has 0 aromatic heterocycles. The van der Waals surface area contributed by atoms with Gasteiger partial charge in [0.2, 0.25) is 0 Å². The Morgan fingerprint density at radius 2 is 0.600 bits per heavy atom. The molecule has 0 radical (unpaired) electrons. The van der Waals surface area contributed by atoms with Crippen LogP contribution in [0.3, 0.4) is 0 Å². The van der Waals surface area contributed by atoms with E-state index in [2.05, 4.69) is 90.0 Å². The van der Waals surface area contributed by atoms with E-state index < -0.39 is 0 Å². The van der Waals surface area contributed by atoms with Crippen LogP contribution in [0.4, 0.5) is 0 Å². The first-order valence-corrected chi connectivity index (χ1v) is 10.3. The van der Waals surface area contributed by atoms with Gasteiger partial charge >= 0.3 is 0 Å². The lowest BCUT2D eigenvalue weighted by atomic mass is 10.0. The molecule has 0 unspecified atom stereocenters. The smallest absolute Gasteiger partial charge is 0.0483 e. The molecule has 0 aliphatic heterocycles. The summed E-state index contributed by atoms with van der Waals surface area (Å²) in [6.07, 6.45) is 2.44. The van der Waals surface area contributed by atoms with Gasteiger partial charge in [-0.25, -0.2) is 0 Å². The molecule has 1 nitrogen and oxygen atoms in total. The zero-order chi connectivity index (χ0) is 20.9. The van der Waals surface area contributed by atoms with Gasteiger partial charge in [0.05, 0.1) is 0 Å². The predicted octanol–water partition coefficient (Wildman–Crippen LogP) is 9.09. The average Bonchev–Trinajstić information content (AvgIpc) is 2.38. The third kappa shape index (κ3) is 182. The summed E-state index contributed by atoms with van der Waals surface area (Å²) in [6.45, 7) is 32.2. The lowest BCUT2D eigenvalue weighted by molar-refractivity contribution is 0.216. The van der Waals surface area contributed by atoms with E-state index in [4.69, 9.17) is 5.11 Å². The Balaban J connectivity index is -0.0000000451. The van der Waals surface area contributed by atoms with Gasteiger partial charge in [-0.3, -0.25) is 0 Å². The SMILES string of the molecule is C.CC(C)C.CC(C)C(C)C.CC(C)O.CCC(C)C.CCC(C)C. The zero-order valence-corrected chi connectivity index (χ0v) is 20.3. The summed E-state index contributed by atoms with van der Waals surface area (Å²) >= 11 is 0. The summed E-state index contributed by atoms with van der Waals surface area (Å²) in [6, 6.07) is 0. The first-order valence-electron chi connectivity index (χ1n) is 10.3. The fourth-order valence-corrected chi connectivity index (χ4v) is 0. The van der Waals surface area contributed by atoms with Crippen molar-refractivity contribution in [2.24, 2.45) is 29.6 Å². The normalized spacial score (nSPS) is 9.36. The minimum Gasteiger partial charge on any atom is -0.394 e. The third-order valence-corrected chi connectivity index (χ3v) is 2.97.